The lowest BCUT2D eigenvalue weighted by Crippen LogP contribution is -2.41. The van der Waals surface area contributed by atoms with Gasteiger partial charge in [0.1, 0.15) is 5.60 Å². The van der Waals surface area contributed by atoms with E-state index in [-0.39, 0.29) is 30.1 Å². The number of carbonyl (C=O) groups is 1. The van der Waals surface area contributed by atoms with Crippen molar-refractivity contribution in [3.63, 3.8) is 0 Å². The van der Waals surface area contributed by atoms with Gasteiger partial charge in [-0.25, -0.2) is 4.79 Å². The summed E-state index contributed by atoms with van der Waals surface area (Å²) in [6, 6.07) is 0. The van der Waals surface area contributed by atoms with E-state index in [0.29, 0.717) is 19.0 Å². The quantitative estimate of drug-likeness (QED) is 0.367. The fourth-order valence-electron chi connectivity index (χ4n) is 2.56. The van der Waals surface area contributed by atoms with E-state index in [4.69, 9.17) is 9.47 Å². The van der Waals surface area contributed by atoms with E-state index < -0.39 is 5.60 Å². The molecule has 0 aromatic carbocycles. The monoisotopic (exact) mass is 470 g/mol. The molecule has 0 aromatic rings. The molecule has 7 nitrogen and oxygen atoms in total. The number of rotatable bonds is 6. The minimum absolute atomic E-state index is 0. The second-order valence-corrected chi connectivity index (χ2v) is 7.19. The van der Waals surface area contributed by atoms with Gasteiger partial charge >= 0.3 is 6.09 Å². The first kappa shape index (κ1) is 24.2. The highest BCUT2D eigenvalue weighted by atomic mass is 127. The summed E-state index contributed by atoms with van der Waals surface area (Å²) in [5.41, 5.74) is -0.477. The van der Waals surface area contributed by atoms with Crippen LogP contribution in [0.1, 0.15) is 34.1 Å². The van der Waals surface area contributed by atoms with Crippen LogP contribution in [0, 0.1) is 5.92 Å². The summed E-state index contributed by atoms with van der Waals surface area (Å²) in [7, 11) is 3.48. The van der Waals surface area contributed by atoms with Gasteiger partial charge in [-0.15, -0.1) is 24.0 Å². The van der Waals surface area contributed by atoms with Crippen LogP contribution in [0.2, 0.25) is 0 Å². The van der Waals surface area contributed by atoms with Crippen LogP contribution in [0.15, 0.2) is 4.99 Å². The second kappa shape index (κ2) is 11.8. The third kappa shape index (κ3) is 9.48. The van der Waals surface area contributed by atoms with Crippen molar-refractivity contribution >= 4 is 36.0 Å². The highest BCUT2D eigenvalue weighted by molar-refractivity contribution is 14.0. The van der Waals surface area contributed by atoms with E-state index in [1.807, 2.05) is 20.8 Å². The molecule has 1 aliphatic heterocycles. The van der Waals surface area contributed by atoms with Gasteiger partial charge in [-0.2, -0.15) is 0 Å². The molecule has 0 spiro atoms. The normalized spacial score (nSPS) is 17.9. The maximum atomic E-state index is 11.9. The number of hydrogen-bond acceptors (Lipinski definition) is 4. The molecule has 8 heteroatoms. The number of halogens is 1. The van der Waals surface area contributed by atoms with Crippen molar-refractivity contribution in [2.75, 3.05) is 53.5 Å². The van der Waals surface area contributed by atoms with Gasteiger partial charge in [0.25, 0.3) is 0 Å². The number of guanidine groups is 1. The van der Waals surface area contributed by atoms with Crippen molar-refractivity contribution in [2.45, 2.75) is 39.7 Å². The van der Waals surface area contributed by atoms with Crippen molar-refractivity contribution in [1.82, 2.24) is 15.1 Å². The first-order chi connectivity index (χ1) is 11.3. The molecule has 1 unspecified atom stereocenters. The van der Waals surface area contributed by atoms with Gasteiger partial charge in [-0.05, 0) is 34.1 Å². The molecule has 0 bridgehead atoms. The lowest BCUT2D eigenvalue weighted by molar-refractivity contribution is 0.0304. The Bertz CT molecular complexity index is 427. The topological polar surface area (TPSA) is 66.4 Å². The summed E-state index contributed by atoms with van der Waals surface area (Å²) in [5.74, 6) is 1.47. The largest absolute Gasteiger partial charge is 0.444 e. The van der Waals surface area contributed by atoms with E-state index in [0.717, 1.165) is 38.6 Å². The van der Waals surface area contributed by atoms with Crippen LogP contribution in [0.3, 0.4) is 0 Å². The molecule has 0 saturated carbocycles. The van der Waals surface area contributed by atoms with Crippen molar-refractivity contribution in [3.8, 4) is 0 Å². The van der Waals surface area contributed by atoms with Crippen LogP contribution < -0.4 is 5.32 Å². The average Bonchev–Trinajstić information content (AvgIpc) is 2.93. The highest BCUT2D eigenvalue weighted by Crippen LogP contribution is 2.16. The van der Waals surface area contributed by atoms with Crippen LogP contribution in [0.5, 0.6) is 0 Å². The van der Waals surface area contributed by atoms with Crippen LogP contribution in [-0.2, 0) is 9.47 Å². The molecule has 148 valence electrons. The Morgan fingerprint density at radius 1 is 1.40 bits per heavy atom. The van der Waals surface area contributed by atoms with E-state index in [1.54, 1.807) is 19.1 Å². The number of likely N-dealkylation sites (tertiary alicyclic amines) is 1. The van der Waals surface area contributed by atoms with Gasteiger partial charge in [0.05, 0.1) is 13.2 Å². The van der Waals surface area contributed by atoms with Gasteiger partial charge in [0.15, 0.2) is 5.96 Å². The number of hydrogen-bond donors (Lipinski definition) is 1. The molecule has 1 aliphatic rings. The fraction of sp³-hybridized carbons (Fsp3) is 0.882. The van der Waals surface area contributed by atoms with Crippen molar-refractivity contribution in [2.24, 2.45) is 10.9 Å². The Morgan fingerprint density at radius 3 is 2.64 bits per heavy atom. The van der Waals surface area contributed by atoms with E-state index in [9.17, 15) is 4.79 Å². The molecular formula is C17H35IN4O3. The number of aliphatic imine (C=N–C) groups is 1. The SMILES string of the molecule is CCNC(=NCCN(C)C(=O)OC(C)(C)C)N1CCC(COC)C1.I. The minimum Gasteiger partial charge on any atom is -0.444 e. The maximum absolute atomic E-state index is 11.9. The Kier molecular flexibility index (Phi) is 11.4. The summed E-state index contributed by atoms with van der Waals surface area (Å²) in [4.78, 5) is 20.4. The number of methoxy groups -OCH3 is 1. The summed E-state index contributed by atoms with van der Waals surface area (Å²) >= 11 is 0. The van der Waals surface area contributed by atoms with Gasteiger partial charge in [0.2, 0.25) is 0 Å². The number of carbonyl (C=O) groups excluding carboxylic acids is 1. The molecule has 1 atom stereocenters. The summed E-state index contributed by atoms with van der Waals surface area (Å²) < 4.78 is 10.6. The molecule has 1 rings (SSSR count). The molecule has 1 N–H and O–H groups in total. The summed E-state index contributed by atoms with van der Waals surface area (Å²) in [6.07, 6.45) is 0.805. The minimum atomic E-state index is -0.477. The number of nitrogens with one attached hydrogen (secondary N) is 1. The number of amides is 1. The first-order valence-electron chi connectivity index (χ1n) is 8.73. The van der Waals surface area contributed by atoms with Crippen LogP contribution in [0.25, 0.3) is 0 Å². The number of ether oxygens (including phenoxy) is 2. The zero-order valence-electron chi connectivity index (χ0n) is 16.5. The van der Waals surface area contributed by atoms with E-state index in [1.165, 1.54) is 0 Å². The zero-order chi connectivity index (χ0) is 18.2. The molecule has 0 aliphatic carbocycles. The van der Waals surface area contributed by atoms with Gasteiger partial charge in [-0.1, -0.05) is 0 Å². The Morgan fingerprint density at radius 2 is 2.08 bits per heavy atom. The first-order valence-corrected chi connectivity index (χ1v) is 8.73. The second-order valence-electron chi connectivity index (χ2n) is 7.19. The molecule has 1 fully saturated rings. The van der Waals surface area contributed by atoms with Crippen LogP contribution in [-0.4, -0.2) is 80.9 Å². The van der Waals surface area contributed by atoms with Gasteiger partial charge in [-0.3, -0.25) is 4.99 Å². The third-order valence-electron chi connectivity index (χ3n) is 3.72. The highest BCUT2D eigenvalue weighted by Gasteiger charge is 2.25. The Labute approximate surface area is 169 Å². The van der Waals surface area contributed by atoms with Crippen LogP contribution >= 0.6 is 24.0 Å². The number of likely N-dealkylation sites (N-methyl/N-ethyl adjacent to an activating group) is 1. The van der Waals surface area contributed by atoms with Crippen molar-refractivity contribution < 1.29 is 14.3 Å². The molecule has 0 radical (unpaired) electrons. The molecule has 25 heavy (non-hydrogen) atoms. The fourth-order valence-corrected chi connectivity index (χ4v) is 2.56. The number of nitrogens with zero attached hydrogens (tertiary/aromatic N) is 3. The standard InChI is InChI=1S/C17H34N4O3.HI/c1-7-18-15(21-10-8-14(12-21)13-23-6)19-9-11-20(5)16(22)24-17(2,3)4;/h14H,7-13H2,1-6H3,(H,18,19);1H. The van der Waals surface area contributed by atoms with E-state index in [2.05, 4.69) is 22.1 Å². The molecule has 1 saturated heterocycles. The lowest BCUT2D eigenvalue weighted by Gasteiger charge is -2.25. The van der Waals surface area contributed by atoms with Gasteiger partial charge < -0.3 is 24.6 Å². The Balaban J connectivity index is 0.00000576. The molecule has 1 heterocycles. The zero-order valence-corrected chi connectivity index (χ0v) is 18.8. The summed E-state index contributed by atoms with van der Waals surface area (Å²) in [6.45, 7) is 12.3. The van der Waals surface area contributed by atoms with Gasteiger partial charge in [0, 0.05) is 46.3 Å². The smallest absolute Gasteiger partial charge is 0.410 e. The summed E-state index contributed by atoms with van der Waals surface area (Å²) in [5, 5.41) is 3.33. The molecule has 1 amide bonds. The predicted octanol–water partition coefficient (Wildman–Crippen LogP) is 2.41. The molecule has 0 aromatic heterocycles. The van der Waals surface area contributed by atoms with Crippen molar-refractivity contribution in [3.05, 3.63) is 0 Å². The van der Waals surface area contributed by atoms with E-state index >= 15 is 0 Å². The third-order valence-corrected chi connectivity index (χ3v) is 3.72. The maximum Gasteiger partial charge on any atom is 0.410 e. The molecular weight excluding hydrogens is 435 g/mol. The van der Waals surface area contributed by atoms with Crippen LogP contribution in [0.4, 0.5) is 4.79 Å². The van der Waals surface area contributed by atoms with Crippen molar-refractivity contribution in [1.29, 1.82) is 0 Å². The average molecular weight is 470 g/mol. The lowest BCUT2D eigenvalue weighted by atomic mass is 10.1. The Hall–Kier alpha value is -0.770. The predicted molar refractivity (Wildman–Crippen MR) is 112 cm³/mol.